The summed E-state index contributed by atoms with van der Waals surface area (Å²) in [5.41, 5.74) is 5.10. The van der Waals surface area contributed by atoms with Crippen LogP contribution in [0.1, 0.15) is 49.1 Å². The Bertz CT molecular complexity index is 816. The highest BCUT2D eigenvalue weighted by atomic mass is 35.5. The minimum atomic E-state index is -0.455. The van der Waals surface area contributed by atoms with Crippen molar-refractivity contribution in [3.8, 4) is 5.75 Å². The molecule has 6 nitrogen and oxygen atoms in total. The summed E-state index contributed by atoms with van der Waals surface area (Å²) in [4.78, 5) is 10.2. The van der Waals surface area contributed by atoms with Gasteiger partial charge in [-0.25, -0.2) is 0 Å². The minimum Gasteiger partial charge on any atom is -0.506 e. The number of phenolic OH excluding ortho intramolecular Hbond substituents is 1. The van der Waals surface area contributed by atoms with E-state index in [9.17, 15) is 15.2 Å². The van der Waals surface area contributed by atoms with E-state index in [2.05, 4.69) is 10.5 Å². The van der Waals surface area contributed by atoms with Crippen molar-refractivity contribution in [1.29, 1.82) is 0 Å². The van der Waals surface area contributed by atoms with Crippen LogP contribution in [-0.4, -0.2) is 16.2 Å². The van der Waals surface area contributed by atoms with Gasteiger partial charge < -0.3 is 5.11 Å². The van der Waals surface area contributed by atoms with Gasteiger partial charge in [0, 0.05) is 17.7 Å². The number of non-ortho nitro benzene ring substituents is 1. The van der Waals surface area contributed by atoms with Crippen LogP contribution in [0.15, 0.2) is 41.5 Å². The van der Waals surface area contributed by atoms with Crippen molar-refractivity contribution < 1.29 is 10.0 Å². The zero-order valence-corrected chi connectivity index (χ0v) is 14.9. The predicted octanol–water partition coefficient (Wildman–Crippen LogP) is 5.45. The summed E-state index contributed by atoms with van der Waals surface area (Å²) < 4.78 is 0. The van der Waals surface area contributed by atoms with Gasteiger partial charge in [-0.1, -0.05) is 30.9 Å². The van der Waals surface area contributed by atoms with Gasteiger partial charge in [0.15, 0.2) is 0 Å². The van der Waals surface area contributed by atoms with Crippen molar-refractivity contribution in [3.05, 3.63) is 62.7 Å². The molecule has 0 amide bonds. The number of anilines is 1. The number of nitrogens with one attached hydrogen (secondary N) is 1. The van der Waals surface area contributed by atoms with E-state index in [1.165, 1.54) is 37.6 Å². The lowest BCUT2D eigenvalue weighted by molar-refractivity contribution is -0.384. The highest BCUT2D eigenvalue weighted by Crippen LogP contribution is 2.37. The number of halogens is 1. The Hall–Kier alpha value is -2.60. The van der Waals surface area contributed by atoms with E-state index in [1.807, 2.05) is 12.1 Å². The third-order valence-corrected chi connectivity index (χ3v) is 4.96. The van der Waals surface area contributed by atoms with Crippen molar-refractivity contribution in [1.82, 2.24) is 0 Å². The average molecular weight is 374 g/mol. The van der Waals surface area contributed by atoms with E-state index in [-0.39, 0.29) is 11.4 Å². The zero-order chi connectivity index (χ0) is 18.5. The second-order valence-corrected chi connectivity index (χ2v) is 6.86. The summed E-state index contributed by atoms with van der Waals surface area (Å²) in [6, 6.07) is 9.71. The maximum absolute atomic E-state index is 10.7. The number of hydrogen-bond donors (Lipinski definition) is 2. The second kappa shape index (κ2) is 8.19. The predicted molar refractivity (Wildman–Crippen MR) is 103 cm³/mol. The zero-order valence-electron chi connectivity index (χ0n) is 14.2. The number of phenols is 1. The fraction of sp³-hybridized carbons (Fsp3) is 0.316. The highest BCUT2D eigenvalue weighted by molar-refractivity contribution is 6.32. The van der Waals surface area contributed by atoms with Gasteiger partial charge in [-0.15, -0.1) is 0 Å². The van der Waals surface area contributed by atoms with Crippen LogP contribution in [0.25, 0.3) is 0 Å². The van der Waals surface area contributed by atoms with Crippen molar-refractivity contribution in [2.24, 2.45) is 5.10 Å². The molecular formula is C19H20ClN3O3. The van der Waals surface area contributed by atoms with Gasteiger partial charge in [0.1, 0.15) is 5.75 Å². The first kappa shape index (κ1) is 18.2. The summed E-state index contributed by atoms with van der Waals surface area (Å²) in [5.74, 6) is 0.470. The topological polar surface area (TPSA) is 87.8 Å². The van der Waals surface area contributed by atoms with E-state index in [4.69, 9.17) is 11.6 Å². The van der Waals surface area contributed by atoms with E-state index < -0.39 is 4.92 Å². The number of hydrogen-bond acceptors (Lipinski definition) is 5. The molecule has 136 valence electrons. The average Bonchev–Trinajstić information content (AvgIpc) is 2.66. The van der Waals surface area contributed by atoms with Crippen LogP contribution in [0.3, 0.4) is 0 Å². The van der Waals surface area contributed by atoms with Crippen LogP contribution in [-0.2, 0) is 0 Å². The number of benzene rings is 2. The van der Waals surface area contributed by atoms with E-state index >= 15 is 0 Å². The molecule has 3 rings (SSSR count). The van der Waals surface area contributed by atoms with Gasteiger partial charge in [-0.2, -0.15) is 5.10 Å². The van der Waals surface area contributed by atoms with Gasteiger partial charge in [0.25, 0.3) is 5.69 Å². The summed E-state index contributed by atoms with van der Waals surface area (Å²) in [5, 5.41) is 25.3. The number of aromatic hydroxyl groups is 1. The smallest absolute Gasteiger partial charge is 0.269 e. The lowest BCUT2D eigenvalue weighted by Gasteiger charge is -2.22. The van der Waals surface area contributed by atoms with Gasteiger partial charge in [0.2, 0.25) is 0 Å². The molecular weight excluding hydrogens is 354 g/mol. The molecule has 0 bridgehead atoms. The van der Waals surface area contributed by atoms with E-state index in [0.29, 0.717) is 22.2 Å². The Morgan fingerprint density at radius 2 is 1.88 bits per heavy atom. The molecule has 1 aliphatic rings. The Kier molecular flexibility index (Phi) is 5.73. The molecule has 0 radical (unpaired) electrons. The van der Waals surface area contributed by atoms with Gasteiger partial charge in [0.05, 0.1) is 21.8 Å². The summed E-state index contributed by atoms with van der Waals surface area (Å²) in [7, 11) is 0. The molecule has 0 atom stereocenters. The van der Waals surface area contributed by atoms with Crippen molar-refractivity contribution >= 4 is 29.2 Å². The summed E-state index contributed by atoms with van der Waals surface area (Å²) in [6.07, 6.45) is 7.49. The Morgan fingerprint density at radius 3 is 2.54 bits per heavy atom. The largest absolute Gasteiger partial charge is 0.506 e. The maximum atomic E-state index is 10.7. The molecule has 0 unspecified atom stereocenters. The highest BCUT2D eigenvalue weighted by Gasteiger charge is 2.18. The Morgan fingerprint density at radius 1 is 1.19 bits per heavy atom. The molecule has 1 fully saturated rings. The molecule has 0 aromatic heterocycles. The molecule has 7 heteroatoms. The fourth-order valence-corrected chi connectivity index (χ4v) is 3.48. The third kappa shape index (κ3) is 4.32. The van der Waals surface area contributed by atoms with Crippen LogP contribution >= 0.6 is 11.6 Å². The first-order valence-corrected chi connectivity index (χ1v) is 8.98. The fourth-order valence-electron chi connectivity index (χ4n) is 3.25. The monoisotopic (exact) mass is 373 g/mol. The molecule has 2 aromatic carbocycles. The van der Waals surface area contributed by atoms with Crippen molar-refractivity contribution in [2.75, 3.05) is 5.43 Å². The summed E-state index contributed by atoms with van der Waals surface area (Å²) >= 11 is 6.19. The van der Waals surface area contributed by atoms with E-state index in [1.54, 1.807) is 12.1 Å². The quantitative estimate of drug-likeness (QED) is 0.414. The van der Waals surface area contributed by atoms with Gasteiger partial charge in [-0.3, -0.25) is 15.5 Å². The number of nitro groups is 1. The van der Waals surface area contributed by atoms with Gasteiger partial charge >= 0.3 is 0 Å². The molecule has 26 heavy (non-hydrogen) atoms. The van der Waals surface area contributed by atoms with Crippen LogP contribution < -0.4 is 5.43 Å². The minimum absolute atomic E-state index is 0.000440. The molecule has 0 saturated heterocycles. The number of hydrazone groups is 1. The van der Waals surface area contributed by atoms with Crippen LogP contribution in [0.5, 0.6) is 5.75 Å². The standard InChI is InChI=1S/C19H20ClN3O3/c20-18-11-14(13-4-2-1-3-5-13)10-15(19(18)24)12-21-22-16-6-8-17(9-7-16)23(25)26/h6-13,22,24H,1-5H2/b21-12+. The van der Waals surface area contributed by atoms with Crippen molar-refractivity contribution in [3.63, 3.8) is 0 Å². The Labute approximate surface area is 156 Å². The molecule has 2 aromatic rings. The van der Waals surface area contributed by atoms with E-state index in [0.717, 1.165) is 18.4 Å². The molecule has 0 heterocycles. The number of rotatable bonds is 5. The van der Waals surface area contributed by atoms with Crippen LogP contribution in [0.4, 0.5) is 11.4 Å². The van der Waals surface area contributed by atoms with Crippen LogP contribution in [0.2, 0.25) is 5.02 Å². The number of nitrogens with zero attached hydrogens (tertiary/aromatic N) is 2. The molecule has 1 saturated carbocycles. The lowest BCUT2D eigenvalue weighted by Crippen LogP contribution is -2.05. The normalized spacial score (nSPS) is 15.3. The first-order chi connectivity index (χ1) is 12.5. The third-order valence-electron chi connectivity index (χ3n) is 4.67. The molecule has 1 aliphatic carbocycles. The van der Waals surface area contributed by atoms with Crippen molar-refractivity contribution in [2.45, 2.75) is 38.0 Å². The lowest BCUT2D eigenvalue weighted by atomic mass is 9.83. The van der Waals surface area contributed by atoms with Crippen LogP contribution in [0, 0.1) is 10.1 Å². The molecule has 2 N–H and O–H groups in total. The SMILES string of the molecule is O=[N+]([O-])c1ccc(N/N=C/c2cc(C3CCCCC3)cc(Cl)c2O)cc1. The first-order valence-electron chi connectivity index (χ1n) is 8.60. The van der Waals surface area contributed by atoms with Gasteiger partial charge in [-0.05, 0) is 48.6 Å². The maximum Gasteiger partial charge on any atom is 0.269 e. The molecule has 0 spiro atoms. The number of nitro benzene ring substituents is 1. The summed E-state index contributed by atoms with van der Waals surface area (Å²) in [6.45, 7) is 0. The molecule has 0 aliphatic heterocycles. The Balaban J connectivity index is 1.74. The second-order valence-electron chi connectivity index (χ2n) is 6.45.